The number of aryl methyl sites for hydroxylation is 2. The van der Waals surface area contributed by atoms with E-state index in [2.05, 4.69) is 21.7 Å². The van der Waals surface area contributed by atoms with Crippen LogP contribution in [0.1, 0.15) is 40.1 Å². The van der Waals surface area contributed by atoms with E-state index in [1.165, 1.54) is 0 Å². The van der Waals surface area contributed by atoms with E-state index < -0.39 is 0 Å². The van der Waals surface area contributed by atoms with Crippen molar-refractivity contribution in [3.63, 3.8) is 0 Å². The van der Waals surface area contributed by atoms with Gasteiger partial charge in [0, 0.05) is 0 Å². The highest BCUT2D eigenvalue weighted by atomic mass is 16.5. The number of hydrogen-bond donors (Lipinski definition) is 1. The second-order valence-electron chi connectivity index (χ2n) is 6.36. The number of aromatic nitrogens is 3. The van der Waals surface area contributed by atoms with Crippen LogP contribution in [0, 0.1) is 13.8 Å². The molecule has 0 radical (unpaired) electrons. The van der Waals surface area contributed by atoms with E-state index in [1.807, 2.05) is 57.2 Å². The molecule has 2 aromatic carbocycles. The van der Waals surface area contributed by atoms with Crippen molar-refractivity contribution in [3.05, 3.63) is 71.0 Å². The van der Waals surface area contributed by atoms with E-state index in [1.54, 1.807) is 18.0 Å². The molecule has 134 valence electrons. The molecule has 0 spiro atoms. The molecule has 1 N–H and O–H groups in total. The molecular formula is C20H22N4O2. The van der Waals surface area contributed by atoms with Gasteiger partial charge >= 0.3 is 0 Å². The molecule has 3 aromatic rings. The fourth-order valence-corrected chi connectivity index (χ4v) is 2.82. The van der Waals surface area contributed by atoms with Crippen molar-refractivity contribution in [2.75, 3.05) is 7.11 Å². The molecule has 1 atom stereocenters. The predicted octanol–water partition coefficient (Wildman–Crippen LogP) is 3.38. The number of nitrogens with one attached hydrogen (secondary N) is 1. The lowest BCUT2D eigenvalue weighted by molar-refractivity contribution is 0.0935. The summed E-state index contributed by atoms with van der Waals surface area (Å²) in [4.78, 5) is 12.5. The van der Waals surface area contributed by atoms with Crippen LogP contribution in [0.25, 0.3) is 5.69 Å². The summed E-state index contributed by atoms with van der Waals surface area (Å²) in [7, 11) is 1.62. The number of carbonyl (C=O) groups excluding carboxylic acids is 1. The number of carbonyl (C=O) groups is 1. The van der Waals surface area contributed by atoms with Crippen LogP contribution < -0.4 is 10.1 Å². The highest BCUT2D eigenvalue weighted by Crippen LogP contribution is 2.18. The van der Waals surface area contributed by atoms with Crippen molar-refractivity contribution in [1.82, 2.24) is 20.3 Å². The molecule has 0 aliphatic heterocycles. The van der Waals surface area contributed by atoms with Crippen LogP contribution in [0.5, 0.6) is 5.75 Å². The van der Waals surface area contributed by atoms with Crippen LogP contribution in [0.3, 0.4) is 0 Å². The van der Waals surface area contributed by atoms with Gasteiger partial charge in [0.15, 0.2) is 5.69 Å². The summed E-state index contributed by atoms with van der Waals surface area (Å²) < 4.78 is 6.77. The average molecular weight is 350 g/mol. The van der Waals surface area contributed by atoms with Crippen LogP contribution in [0.15, 0.2) is 48.7 Å². The Morgan fingerprint density at radius 2 is 1.77 bits per heavy atom. The summed E-state index contributed by atoms with van der Waals surface area (Å²) in [6.07, 6.45) is 1.64. The Balaban J connectivity index is 1.73. The number of ether oxygens (including phenoxy) is 1. The highest BCUT2D eigenvalue weighted by molar-refractivity contribution is 5.92. The summed E-state index contributed by atoms with van der Waals surface area (Å²) in [5, 5.41) is 11.0. The third-order valence-electron chi connectivity index (χ3n) is 4.16. The van der Waals surface area contributed by atoms with Gasteiger partial charge in [-0.1, -0.05) is 23.4 Å². The number of nitrogens with zero attached hydrogens (tertiary/aromatic N) is 3. The topological polar surface area (TPSA) is 69.0 Å². The zero-order valence-corrected chi connectivity index (χ0v) is 15.4. The largest absolute Gasteiger partial charge is 0.497 e. The average Bonchev–Trinajstić information content (AvgIpc) is 3.11. The SMILES string of the molecule is COc1ccc([C@H](C)NC(=O)c2cn(-c3cc(C)cc(C)c3)nn2)cc1. The first kappa shape index (κ1) is 17.7. The van der Waals surface area contributed by atoms with Gasteiger partial charge in [-0.3, -0.25) is 4.79 Å². The zero-order chi connectivity index (χ0) is 18.7. The molecular weight excluding hydrogens is 328 g/mol. The summed E-state index contributed by atoms with van der Waals surface area (Å²) in [5.41, 5.74) is 4.42. The zero-order valence-electron chi connectivity index (χ0n) is 15.4. The Labute approximate surface area is 152 Å². The highest BCUT2D eigenvalue weighted by Gasteiger charge is 2.15. The monoisotopic (exact) mass is 350 g/mol. The van der Waals surface area contributed by atoms with Crippen molar-refractivity contribution in [1.29, 1.82) is 0 Å². The van der Waals surface area contributed by atoms with Crippen LogP contribution >= 0.6 is 0 Å². The molecule has 6 nitrogen and oxygen atoms in total. The van der Waals surface area contributed by atoms with Gasteiger partial charge < -0.3 is 10.1 Å². The molecule has 1 heterocycles. The van der Waals surface area contributed by atoms with E-state index in [9.17, 15) is 4.79 Å². The lowest BCUT2D eigenvalue weighted by atomic mass is 10.1. The van der Waals surface area contributed by atoms with Crippen molar-refractivity contribution in [2.24, 2.45) is 0 Å². The van der Waals surface area contributed by atoms with Crippen molar-refractivity contribution in [2.45, 2.75) is 26.8 Å². The molecule has 3 rings (SSSR count). The molecule has 0 unspecified atom stereocenters. The normalized spacial score (nSPS) is 11.8. The lowest BCUT2D eigenvalue weighted by Crippen LogP contribution is -2.26. The van der Waals surface area contributed by atoms with Crippen molar-refractivity contribution >= 4 is 5.91 Å². The van der Waals surface area contributed by atoms with E-state index in [0.29, 0.717) is 0 Å². The van der Waals surface area contributed by atoms with Gasteiger partial charge in [0.2, 0.25) is 0 Å². The van der Waals surface area contributed by atoms with Crippen LogP contribution in [0.4, 0.5) is 0 Å². The lowest BCUT2D eigenvalue weighted by Gasteiger charge is -2.13. The van der Waals surface area contributed by atoms with Gasteiger partial charge in [0.1, 0.15) is 5.75 Å². The van der Waals surface area contributed by atoms with Crippen molar-refractivity contribution < 1.29 is 9.53 Å². The molecule has 0 fully saturated rings. The van der Waals surface area contributed by atoms with E-state index in [-0.39, 0.29) is 17.6 Å². The van der Waals surface area contributed by atoms with E-state index in [0.717, 1.165) is 28.1 Å². The molecule has 26 heavy (non-hydrogen) atoms. The van der Waals surface area contributed by atoms with E-state index in [4.69, 9.17) is 4.74 Å². The molecule has 0 bridgehead atoms. The number of amides is 1. The second-order valence-corrected chi connectivity index (χ2v) is 6.36. The summed E-state index contributed by atoms with van der Waals surface area (Å²) >= 11 is 0. The maximum atomic E-state index is 12.5. The van der Waals surface area contributed by atoms with Gasteiger partial charge in [-0.15, -0.1) is 5.10 Å². The minimum Gasteiger partial charge on any atom is -0.497 e. The molecule has 1 amide bonds. The number of rotatable bonds is 5. The Morgan fingerprint density at radius 1 is 1.12 bits per heavy atom. The van der Waals surface area contributed by atoms with Crippen LogP contribution in [-0.4, -0.2) is 28.0 Å². The maximum Gasteiger partial charge on any atom is 0.273 e. The Bertz CT molecular complexity index is 896. The minimum atomic E-state index is -0.260. The fourth-order valence-electron chi connectivity index (χ4n) is 2.82. The molecule has 6 heteroatoms. The molecule has 0 saturated carbocycles. The van der Waals surface area contributed by atoms with Crippen molar-refractivity contribution in [3.8, 4) is 11.4 Å². The molecule has 0 saturated heterocycles. The number of hydrogen-bond acceptors (Lipinski definition) is 4. The first-order valence-electron chi connectivity index (χ1n) is 8.42. The summed E-state index contributed by atoms with van der Waals surface area (Å²) in [6, 6.07) is 13.5. The Hall–Kier alpha value is -3.15. The minimum absolute atomic E-state index is 0.153. The van der Waals surface area contributed by atoms with Gasteiger partial charge in [0.05, 0.1) is 25.0 Å². The first-order valence-corrected chi connectivity index (χ1v) is 8.42. The third-order valence-corrected chi connectivity index (χ3v) is 4.16. The third kappa shape index (κ3) is 3.91. The fraction of sp³-hybridized carbons (Fsp3) is 0.250. The Kier molecular flexibility index (Phi) is 5.02. The molecule has 0 aliphatic carbocycles. The van der Waals surface area contributed by atoms with Gasteiger partial charge in [-0.05, 0) is 61.7 Å². The summed E-state index contributed by atoms with van der Waals surface area (Å²) in [5.74, 6) is 0.521. The quantitative estimate of drug-likeness (QED) is 0.766. The standard InChI is InChI=1S/C20H22N4O2/c1-13-9-14(2)11-17(10-13)24-12-19(22-23-24)20(25)21-15(3)16-5-7-18(26-4)8-6-16/h5-12,15H,1-4H3,(H,21,25)/t15-/m0/s1. The van der Waals surface area contributed by atoms with Gasteiger partial charge in [0.25, 0.3) is 5.91 Å². The smallest absolute Gasteiger partial charge is 0.273 e. The summed E-state index contributed by atoms with van der Waals surface area (Å²) in [6.45, 7) is 5.98. The van der Waals surface area contributed by atoms with Crippen LogP contribution in [0.2, 0.25) is 0 Å². The number of benzene rings is 2. The van der Waals surface area contributed by atoms with E-state index >= 15 is 0 Å². The van der Waals surface area contributed by atoms with Gasteiger partial charge in [-0.25, -0.2) is 4.68 Å². The second kappa shape index (κ2) is 7.39. The van der Waals surface area contributed by atoms with Crippen LogP contribution in [-0.2, 0) is 0 Å². The molecule has 0 aliphatic rings. The predicted molar refractivity (Wildman–Crippen MR) is 99.7 cm³/mol. The molecule has 1 aromatic heterocycles. The van der Waals surface area contributed by atoms with Gasteiger partial charge in [-0.2, -0.15) is 0 Å². The number of methoxy groups -OCH3 is 1. The first-order chi connectivity index (χ1) is 12.5. The Morgan fingerprint density at radius 3 is 2.38 bits per heavy atom. The maximum absolute atomic E-state index is 12.5.